The first-order valence-electron chi connectivity index (χ1n) is 7.39. The molecule has 2 saturated heterocycles. The van der Waals surface area contributed by atoms with Crippen LogP contribution in [0.25, 0.3) is 0 Å². The summed E-state index contributed by atoms with van der Waals surface area (Å²) in [7, 11) is 2.11. The molecule has 1 saturated carbocycles. The number of carbonyl (C=O) groups excluding carboxylic acids is 2. The summed E-state index contributed by atoms with van der Waals surface area (Å²) in [4.78, 5) is 28.9. The van der Waals surface area contributed by atoms with Gasteiger partial charge < -0.3 is 15.1 Å². The Kier molecular flexibility index (Phi) is 3.25. The second-order valence-electron chi connectivity index (χ2n) is 6.28. The first kappa shape index (κ1) is 12.9. The van der Waals surface area contributed by atoms with Gasteiger partial charge in [0.05, 0.1) is 0 Å². The molecule has 2 heterocycles. The van der Waals surface area contributed by atoms with Crippen LogP contribution in [0.4, 0.5) is 0 Å². The molecule has 5 nitrogen and oxygen atoms in total. The number of rotatable bonds is 2. The third-order valence-electron chi connectivity index (χ3n) is 4.79. The van der Waals surface area contributed by atoms with Crippen molar-refractivity contribution in [2.45, 2.75) is 50.7 Å². The van der Waals surface area contributed by atoms with Crippen LogP contribution in [0.15, 0.2) is 0 Å². The molecule has 2 aliphatic heterocycles. The van der Waals surface area contributed by atoms with Gasteiger partial charge in [-0.05, 0) is 58.7 Å². The lowest BCUT2D eigenvalue weighted by Crippen LogP contribution is -2.66. The summed E-state index contributed by atoms with van der Waals surface area (Å²) in [6.07, 6.45) is 4.12. The monoisotopic (exact) mass is 265 g/mol. The van der Waals surface area contributed by atoms with E-state index >= 15 is 0 Å². The molecule has 5 heteroatoms. The van der Waals surface area contributed by atoms with Crippen molar-refractivity contribution < 1.29 is 9.59 Å². The number of likely N-dealkylation sites (tertiary alicyclic amines) is 1. The summed E-state index contributed by atoms with van der Waals surface area (Å²) in [6, 6.07) is -0.315. The van der Waals surface area contributed by atoms with Crippen LogP contribution in [0.3, 0.4) is 0 Å². The molecular formula is C14H23N3O2. The number of nitrogens with one attached hydrogen (secondary N) is 1. The summed E-state index contributed by atoms with van der Waals surface area (Å²) in [6.45, 7) is 3.88. The van der Waals surface area contributed by atoms with Crippen LogP contribution in [0.1, 0.15) is 32.6 Å². The van der Waals surface area contributed by atoms with Gasteiger partial charge in [-0.15, -0.1) is 0 Å². The average molecular weight is 265 g/mol. The summed E-state index contributed by atoms with van der Waals surface area (Å²) in [5.41, 5.74) is 0. The Morgan fingerprint density at radius 1 is 1.11 bits per heavy atom. The molecule has 2 atom stereocenters. The van der Waals surface area contributed by atoms with Crippen LogP contribution >= 0.6 is 0 Å². The van der Waals surface area contributed by atoms with Crippen molar-refractivity contribution in [3.05, 3.63) is 0 Å². The summed E-state index contributed by atoms with van der Waals surface area (Å²) >= 11 is 0. The number of piperidine rings is 1. The lowest BCUT2D eigenvalue weighted by molar-refractivity contribution is -0.153. The van der Waals surface area contributed by atoms with E-state index in [0.29, 0.717) is 5.92 Å². The SMILES string of the molecule is CC1C(=O)NC(C2CC2)C(=O)N1C1CCN(C)CC1. The van der Waals surface area contributed by atoms with Crippen molar-refractivity contribution in [2.75, 3.05) is 20.1 Å². The highest BCUT2D eigenvalue weighted by Crippen LogP contribution is 2.36. The molecule has 0 bridgehead atoms. The van der Waals surface area contributed by atoms with Crippen molar-refractivity contribution in [3.8, 4) is 0 Å². The maximum atomic E-state index is 12.6. The first-order valence-corrected chi connectivity index (χ1v) is 7.39. The Bertz CT molecular complexity index is 386. The molecule has 0 aromatic rings. The molecule has 1 N–H and O–H groups in total. The first-order chi connectivity index (χ1) is 9.08. The van der Waals surface area contributed by atoms with Gasteiger partial charge in [0.2, 0.25) is 11.8 Å². The van der Waals surface area contributed by atoms with Crippen molar-refractivity contribution in [1.29, 1.82) is 0 Å². The van der Waals surface area contributed by atoms with E-state index in [1.54, 1.807) is 0 Å². The zero-order chi connectivity index (χ0) is 13.6. The molecule has 3 aliphatic rings. The van der Waals surface area contributed by atoms with Gasteiger partial charge in [0.15, 0.2) is 0 Å². The number of carbonyl (C=O) groups is 2. The maximum absolute atomic E-state index is 12.6. The van der Waals surface area contributed by atoms with E-state index in [1.165, 1.54) is 0 Å². The van der Waals surface area contributed by atoms with Gasteiger partial charge in [-0.3, -0.25) is 9.59 Å². The van der Waals surface area contributed by atoms with Gasteiger partial charge in [-0.2, -0.15) is 0 Å². The molecule has 106 valence electrons. The quantitative estimate of drug-likeness (QED) is 0.776. The summed E-state index contributed by atoms with van der Waals surface area (Å²) < 4.78 is 0. The van der Waals surface area contributed by atoms with Gasteiger partial charge in [0.1, 0.15) is 12.1 Å². The van der Waals surface area contributed by atoms with E-state index < -0.39 is 0 Å². The molecule has 0 spiro atoms. The van der Waals surface area contributed by atoms with Gasteiger partial charge in [0.25, 0.3) is 0 Å². The molecule has 19 heavy (non-hydrogen) atoms. The van der Waals surface area contributed by atoms with E-state index in [2.05, 4.69) is 17.3 Å². The molecule has 0 aromatic carbocycles. The maximum Gasteiger partial charge on any atom is 0.246 e. The summed E-state index contributed by atoms with van der Waals surface area (Å²) in [5, 5.41) is 2.92. The average Bonchev–Trinajstić information content (AvgIpc) is 3.21. The van der Waals surface area contributed by atoms with Gasteiger partial charge in [-0.25, -0.2) is 0 Å². The number of hydrogen-bond donors (Lipinski definition) is 1. The van der Waals surface area contributed by atoms with Gasteiger partial charge in [-0.1, -0.05) is 0 Å². The third kappa shape index (κ3) is 2.36. The Morgan fingerprint density at radius 3 is 2.32 bits per heavy atom. The van der Waals surface area contributed by atoms with Crippen molar-refractivity contribution in [2.24, 2.45) is 5.92 Å². The molecule has 0 radical (unpaired) electrons. The van der Waals surface area contributed by atoms with E-state index in [9.17, 15) is 9.59 Å². The van der Waals surface area contributed by atoms with Gasteiger partial charge in [0, 0.05) is 6.04 Å². The second-order valence-corrected chi connectivity index (χ2v) is 6.28. The minimum Gasteiger partial charge on any atom is -0.342 e. The minimum absolute atomic E-state index is 0.0235. The summed E-state index contributed by atoms with van der Waals surface area (Å²) in [5.74, 6) is 0.567. The third-order valence-corrected chi connectivity index (χ3v) is 4.79. The number of hydrogen-bond acceptors (Lipinski definition) is 3. The van der Waals surface area contributed by atoms with Crippen molar-refractivity contribution >= 4 is 11.8 Å². The van der Waals surface area contributed by atoms with Crippen LogP contribution in [-0.2, 0) is 9.59 Å². The predicted octanol–water partition coefficient (Wildman–Crippen LogP) is 0.206. The zero-order valence-corrected chi connectivity index (χ0v) is 11.8. The van der Waals surface area contributed by atoms with Crippen LogP contribution < -0.4 is 5.32 Å². The van der Waals surface area contributed by atoms with Crippen LogP contribution in [0, 0.1) is 5.92 Å². The lowest BCUT2D eigenvalue weighted by atomic mass is 9.96. The molecule has 0 aromatic heterocycles. The fourth-order valence-electron chi connectivity index (χ4n) is 3.33. The van der Waals surface area contributed by atoms with Crippen LogP contribution in [0.2, 0.25) is 0 Å². The second kappa shape index (κ2) is 4.78. The molecular weight excluding hydrogens is 242 g/mol. The zero-order valence-electron chi connectivity index (χ0n) is 11.8. The fourth-order valence-corrected chi connectivity index (χ4v) is 3.33. The highest BCUT2D eigenvalue weighted by Gasteiger charge is 2.47. The molecule has 1 aliphatic carbocycles. The van der Waals surface area contributed by atoms with Crippen molar-refractivity contribution in [3.63, 3.8) is 0 Å². The van der Waals surface area contributed by atoms with Crippen LogP contribution in [0.5, 0.6) is 0 Å². The normalized spacial score (nSPS) is 34.5. The number of piperazine rings is 1. The molecule has 2 amide bonds. The minimum atomic E-state index is -0.309. The predicted molar refractivity (Wildman–Crippen MR) is 71.5 cm³/mol. The Labute approximate surface area is 114 Å². The number of nitrogens with zero attached hydrogens (tertiary/aromatic N) is 2. The smallest absolute Gasteiger partial charge is 0.246 e. The fraction of sp³-hybridized carbons (Fsp3) is 0.857. The molecule has 3 fully saturated rings. The van der Waals surface area contributed by atoms with Crippen LogP contribution in [-0.4, -0.2) is 59.9 Å². The molecule has 2 unspecified atom stereocenters. The molecule has 3 rings (SSSR count). The van der Waals surface area contributed by atoms with E-state index in [-0.39, 0.29) is 29.9 Å². The number of amides is 2. The van der Waals surface area contributed by atoms with E-state index in [0.717, 1.165) is 38.8 Å². The van der Waals surface area contributed by atoms with E-state index in [1.807, 2.05) is 11.8 Å². The lowest BCUT2D eigenvalue weighted by Gasteiger charge is -2.44. The largest absolute Gasteiger partial charge is 0.342 e. The highest BCUT2D eigenvalue weighted by atomic mass is 16.2. The standard InChI is InChI=1S/C14H23N3O2/c1-9-13(18)15-12(10-3-4-10)14(19)17(9)11-5-7-16(2)8-6-11/h9-12H,3-8H2,1-2H3,(H,15,18). The van der Waals surface area contributed by atoms with Gasteiger partial charge >= 0.3 is 0 Å². The Hall–Kier alpha value is -1.10. The van der Waals surface area contributed by atoms with Crippen molar-refractivity contribution in [1.82, 2.24) is 15.1 Å². The topological polar surface area (TPSA) is 52.7 Å². The van der Waals surface area contributed by atoms with E-state index in [4.69, 9.17) is 0 Å². The Morgan fingerprint density at radius 2 is 1.74 bits per heavy atom. The Balaban J connectivity index is 1.76. The highest BCUT2D eigenvalue weighted by molar-refractivity contribution is 5.97.